The minimum Gasteiger partial charge on any atom is -0.309 e. The van der Waals surface area contributed by atoms with E-state index in [1.807, 2.05) is 18.2 Å². The van der Waals surface area contributed by atoms with Gasteiger partial charge in [0, 0.05) is 67.3 Å². The lowest BCUT2D eigenvalue weighted by Crippen LogP contribution is -1.94. The lowest BCUT2D eigenvalue weighted by molar-refractivity contribution is 1.18. The maximum absolute atomic E-state index is 3.64. The minimum absolute atomic E-state index is 1.09. The zero-order valence-electron chi connectivity index (χ0n) is 57.5. The van der Waals surface area contributed by atoms with Crippen LogP contribution in [0.5, 0.6) is 0 Å². The third-order valence-corrected chi connectivity index (χ3v) is 21.4. The number of hydrogen-bond donors (Lipinski definition) is 0. The van der Waals surface area contributed by atoms with Gasteiger partial charge in [0.2, 0.25) is 0 Å². The largest absolute Gasteiger partial charge is 0.309 e. The third kappa shape index (κ3) is 14.6. The van der Waals surface area contributed by atoms with Crippen LogP contribution in [0.15, 0.2) is 406 Å². The number of hydrogen-bond acceptors (Lipinski definition) is 0. The molecule has 0 atom stereocenters. The van der Waals surface area contributed by atoms with Crippen molar-refractivity contribution in [1.82, 2.24) is 13.7 Å². The standard InChI is InChI=1S/C25H18BrN.C24H15Br2N.C24H17N.C13H10.C12H9Br/c1-17-10-12-24-22(14-17)23-16-20(26)11-13-25(23)27(24)21-9-5-8-19(15-21)18-6-3-2-4-7-18;25-18-9-11-23-21(14-18)22-15-19(26)10-12-24(22)27(23)20-8-4-7-17(13-20)16-5-2-1-3-6-16;1-2-9-18(10-3-1)19-11-8-12-20(17-19)25-23-15-6-4-13-21(23)22-14-5-7-16-24(22)25;1-3-7-12-10(5-1)9-11-6-2-4-8-13(11)12;13-12-8-4-7-11(9-12)10-5-2-1-3-6-10/h2-16H,1H3;1-15H;1-17H;1-8H,9H2;1-9H. The van der Waals surface area contributed by atoms with E-state index < -0.39 is 0 Å². The summed E-state index contributed by atoms with van der Waals surface area (Å²) in [6.07, 6.45) is 1.10. The van der Waals surface area contributed by atoms with Crippen molar-refractivity contribution >= 4 is 129 Å². The fraction of sp³-hybridized carbons (Fsp3) is 0.0204. The molecule has 0 aliphatic heterocycles. The normalized spacial score (nSPS) is 11.2. The highest BCUT2D eigenvalue weighted by Crippen LogP contribution is 2.40. The van der Waals surface area contributed by atoms with Crippen LogP contribution in [-0.4, -0.2) is 13.7 Å². The van der Waals surface area contributed by atoms with Crippen LogP contribution in [-0.2, 0) is 6.42 Å². The fourth-order valence-electron chi connectivity index (χ4n) is 14.6. The Balaban J connectivity index is 0.000000104. The summed E-state index contributed by atoms with van der Waals surface area (Å²) in [6, 6.07) is 137. The molecule has 504 valence electrons. The first-order chi connectivity index (χ1) is 51.6. The molecule has 7 heteroatoms. The van der Waals surface area contributed by atoms with Crippen LogP contribution in [0, 0.1) is 6.92 Å². The fourth-order valence-corrected chi connectivity index (χ4v) is 16.1. The Bertz CT molecular complexity index is 5890. The first-order valence-electron chi connectivity index (χ1n) is 35.2. The van der Waals surface area contributed by atoms with Crippen molar-refractivity contribution in [2.45, 2.75) is 13.3 Å². The van der Waals surface area contributed by atoms with Crippen LogP contribution >= 0.6 is 63.7 Å². The summed E-state index contributed by atoms with van der Waals surface area (Å²) in [4.78, 5) is 0. The number of benzene rings is 16. The van der Waals surface area contributed by atoms with E-state index in [1.54, 1.807) is 0 Å². The smallest absolute Gasteiger partial charge is 0.0541 e. The van der Waals surface area contributed by atoms with E-state index in [0.717, 1.165) is 24.3 Å². The van der Waals surface area contributed by atoms with E-state index in [4.69, 9.17) is 0 Å². The molecule has 0 amide bonds. The second-order valence-corrected chi connectivity index (χ2v) is 29.8. The van der Waals surface area contributed by atoms with Crippen LogP contribution in [0.3, 0.4) is 0 Å². The third-order valence-electron chi connectivity index (χ3n) is 19.4. The molecule has 19 aromatic rings. The molecule has 1 aliphatic rings. The molecule has 20 rings (SSSR count). The van der Waals surface area contributed by atoms with E-state index in [2.05, 4.69) is 454 Å². The van der Waals surface area contributed by atoms with Crippen molar-refractivity contribution in [3.63, 3.8) is 0 Å². The van der Waals surface area contributed by atoms with Gasteiger partial charge >= 0.3 is 0 Å². The SMILES string of the molecule is Brc1ccc2c(c1)c1cc(Br)ccc1n2-c1cccc(-c2ccccc2)c1.Brc1cccc(-c2ccccc2)c1.Cc1ccc2c(c1)c1cc(Br)ccc1n2-c1cccc(-c2ccccc2)c1.c1ccc(-c2cccc(-n3c4ccccc4c4ccccc43)c2)cc1.c1ccc2c(c1)Cc1ccccc1-2. The van der Waals surface area contributed by atoms with E-state index in [-0.39, 0.29) is 0 Å². The molecular weight excluding hydrogens is 1540 g/mol. The molecule has 0 N–H and O–H groups in total. The Labute approximate surface area is 646 Å². The summed E-state index contributed by atoms with van der Waals surface area (Å²) >= 11 is 14.3. The Kier molecular flexibility index (Phi) is 20.2. The Morgan fingerprint density at radius 2 is 0.476 bits per heavy atom. The number of aromatic nitrogens is 3. The predicted molar refractivity (Wildman–Crippen MR) is 461 cm³/mol. The number of nitrogens with zero attached hydrogens (tertiary/aromatic N) is 3. The molecule has 0 saturated heterocycles. The number of para-hydroxylation sites is 2. The molecule has 0 bridgehead atoms. The van der Waals surface area contributed by atoms with Gasteiger partial charge in [-0.3, -0.25) is 0 Å². The van der Waals surface area contributed by atoms with Gasteiger partial charge in [-0.1, -0.05) is 330 Å². The molecule has 3 nitrogen and oxygen atoms in total. The van der Waals surface area contributed by atoms with Crippen LogP contribution in [0.25, 0.3) is 138 Å². The van der Waals surface area contributed by atoms with Crippen LogP contribution < -0.4 is 0 Å². The van der Waals surface area contributed by atoms with Gasteiger partial charge in [-0.05, 0) is 207 Å². The average molecular weight is 1610 g/mol. The molecular formula is C98H69Br4N3. The molecule has 1 aliphatic carbocycles. The summed E-state index contributed by atoms with van der Waals surface area (Å²) in [7, 11) is 0. The highest BCUT2D eigenvalue weighted by Gasteiger charge is 2.19. The monoisotopic (exact) mass is 1600 g/mol. The highest BCUT2D eigenvalue weighted by atomic mass is 79.9. The zero-order valence-corrected chi connectivity index (χ0v) is 63.9. The van der Waals surface area contributed by atoms with Crippen LogP contribution in [0.1, 0.15) is 16.7 Å². The maximum Gasteiger partial charge on any atom is 0.0541 e. The molecule has 0 spiro atoms. The number of fused-ring (bicyclic) bond motifs is 12. The molecule has 3 aromatic heterocycles. The second kappa shape index (κ2) is 31.0. The first kappa shape index (κ1) is 68.3. The lowest BCUT2D eigenvalue weighted by Gasteiger charge is -2.10. The van der Waals surface area contributed by atoms with Gasteiger partial charge < -0.3 is 13.7 Å². The van der Waals surface area contributed by atoms with E-state index in [0.29, 0.717) is 0 Å². The predicted octanol–water partition coefficient (Wildman–Crippen LogP) is 29.3. The minimum atomic E-state index is 1.09. The summed E-state index contributed by atoms with van der Waals surface area (Å²) in [5.41, 5.74) is 27.8. The van der Waals surface area contributed by atoms with Gasteiger partial charge in [-0.15, -0.1) is 0 Å². The second-order valence-electron chi connectivity index (χ2n) is 26.2. The van der Waals surface area contributed by atoms with Crippen molar-refractivity contribution in [2.75, 3.05) is 0 Å². The molecule has 3 heterocycles. The summed E-state index contributed by atoms with van der Waals surface area (Å²) in [5.74, 6) is 0. The van der Waals surface area contributed by atoms with Crippen molar-refractivity contribution in [2.24, 2.45) is 0 Å². The van der Waals surface area contributed by atoms with Crippen LogP contribution in [0.2, 0.25) is 0 Å². The van der Waals surface area contributed by atoms with Gasteiger partial charge in [0.25, 0.3) is 0 Å². The maximum atomic E-state index is 3.64. The lowest BCUT2D eigenvalue weighted by atomic mass is 10.1. The number of halogens is 4. The number of aryl methyl sites for hydroxylation is 1. The van der Waals surface area contributed by atoms with Gasteiger partial charge in [0.1, 0.15) is 0 Å². The van der Waals surface area contributed by atoms with Gasteiger partial charge in [-0.2, -0.15) is 0 Å². The van der Waals surface area contributed by atoms with E-state index in [1.165, 1.54) is 155 Å². The van der Waals surface area contributed by atoms with Crippen molar-refractivity contribution in [1.29, 1.82) is 0 Å². The van der Waals surface area contributed by atoms with E-state index >= 15 is 0 Å². The van der Waals surface area contributed by atoms with Gasteiger partial charge in [-0.25, -0.2) is 0 Å². The molecule has 0 unspecified atom stereocenters. The quantitative estimate of drug-likeness (QED) is 0.151. The average Bonchev–Trinajstić information content (AvgIpc) is 1.61. The van der Waals surface area contributed by atoms with Crippen molar-refractivity contribution < 1.29 is 0 Å². The van der Waals surface area contributed by atoms with Crippen molar-refractivity contribution in [3.8, 4) is 72.7 Å². The molecule has 105 heavy (non-hydrogen) atoms. The molecule has 0 saturated carbocycles. The molecule has 0 fully saturated rings. The van der Waals surface area contributed by atoms with Gasteiger partial charge in [0.15, 0.2) is 0 Å². The Morgan fingerprint density at radius 3 is 0.848 bits per heavy atom. The molecule has 16 aromatic carbocycles. The first-order valence-corrected chi connectivity index (χ1v) is 38.3. The highest BCUT2D eigenvalue weighted by molar-refractivity contribution is 9.11. The van der Waals surface area contributed by atoms with E-state index in [9.17, 15) is 0 Å². The Hall–Kier alpha value is -11.2. The van der Waals surface area contributed by atoms with Crippen LogP contribution in [0.4, 0.5) is 0 Å². The Morgan fingerprint density at radius 1 is 0.200 bits per heavy atom. The van der Waals surface area contributed by atoms with Gasteiger partial charge in [0.05, 0.1) is 33.1 Å². The summed E-state index contributed by atoms with van der Waals surface area (Å²) in [6.45, 7) is 2.15. The topological polar surface area (TPSA) is 14.8 Å². The zero-order chi connectivity index (χ0) is 71.2. The molecule has 0 radical (unpaired) electrons. The van der Waals surface area contributed by atoms with Crippen molar-refractivity contribution in [3.05, 3.63) is 423 Å². The summed E-state index contributed by atoms with van der Waals surface area (Å²) < 4.78 is 11.5. The number of rotatable bonds is 7. The summed E-state index contributed by atoms with van der Waals surface area (Å²) in [5, 5.41) is 7.63.